The summed E-state index contributed by atoms with van der Waals surface area (Å²) in [5.74, 6) is 0.166. The maximum atomic E-state index is 6.88. The molecule has 2 heteroatoms. The third-order valence-electron chi connectivity index (χ3n) is 17.0. The van der Waals surface area contributed by atoms with Gasteiger partial charge in [-0.25, -0.2) is 0 Å². The molecule has 0 aliphatic heterocycles. The highest BCUT2D eigenvalue weighted by Crippen LogP contribution is 2.68. The van der Waals surface area contributed by atoms with Gasteiger partial charge in [0.05, 0.1) is 11.1 Å². The smallest absolute Gasteiger partial charge is 0.143 e. The van der Waals surface area contributed by atoms with Crippen LogP contribution >= 0.6 is 0 Å². The number of furan rings is 1. The van der Waals surface area contributed by atoms with E-state index in [2.05, 4.69) is 268 Å². The number of hydrogen-bond donors (Lipinski definition) is 0. The molecule has 0 saturated heterocycles. The first-order valence-corrected chi connectivity index (χ1v) is 25.9. The highest BCUT2D eigenvalue weighted by atomic mass is 16.3. The minimum absolute atomic E-state index is 0.0404. The standard InChI is InChI=1S/C71H51NO/c1-44-42-58(56-29-19-28-55-54-26-12-18-35-65(54)73-69(55)56)67-57-27-10-16-33-62(57)71(60-31-14-8-24-51(60)52-25-9-15-32-61(52)71)68(67)66(44)46-36-38-47(39-37-46)72(64-34-17-11-22-49(64)45-20-5-4-6-21-45)48-40-41-53-50-23-7-13-30-59(50)70(2,3)63(53)43-48/h4-44,66H,1-3H3. The Morgan fingerprint density at radius 3 is 1.68 bits per heavy atom. The second kappa shape index (κ2) is 15.6. The van der Waals surface area contributed by atoms with Crippen LogP contribution in [-0.4, -0.2) is 0 Å². The molecule has 2 atom stereocenters. The van der Waals surface area contributed by atoms with Gasteiger partial charge in [-0.1, -0.05) is 227 Å². The third-order valence-corrected chi connectivity index (χ3v) is 17.0. The molecule has 4 aliphatic rings. The van der Waals surface area contributed by atoms with Gasteiger partial charge in [0, 0.05) is 44.6 Å². The van der Waals surface area contributed by atoms with Crippen molar-refractivity contribution in [2.45, 2.75) is 37.5 Å². The van der Waals surface area contributed by atoms with E-state index in [4.69, 9.17) is 4.42 Å². The van der Waals surface area contributed by atoms with Crippen LogP contribution in [0, 0.1) is 5.92 Å². The zero-order chi connectivity index (χ0) is 48.6. The predicted molar refractivity (Wildman–Crippen MR) is 303 cm³/mol. The SMILES string of the molecule is CC1C=C(c2cccc3c2oc2ccccc23)C2=C(C1c1ccc(N(c3ccc4c(c3)C(C)(C)c3ccccc3-4)c3ccccc3-c3ccccc3)cc1)C1(c3ccccc32)c2ccccc2-c2ccccc21. The first-order chi connectivity index (χ1) is 35.9. The zero-order valence-corrected chi connectivity index (χ0v) is 41.1. The van der Waals surface area contributed by atoms with Crippen LogP contribution in [0.25, 0.3) is 66.5 Å². The van der Waals surface area contributed by atoms with E-state index < -0.39 is 5.41 Å². The van der Waals surface area contributed by atoms with E-state index in [1.54, 1.807) is 0 Å². The lowest BCUT2D eigenvalue weighted by Gasteiger charge is -2.41. The van der Waals surface area contributed by atoms with Crippen molar-refractivity contribution in [1.29, 1.82) is 0 Å². The second-order valence-corrected chi connectivity index (χ2v) is 21.1. The molecule has 11 aromatic rings. The number of para-hydroxylation sites is 3. The van der Waals surface area contributed by atoms with Crippen LogP contribution in [0.2, 0.25) is 0 Å². The second-order valence-electron chi connectivity index (χ2n) is 21.1. The summed E-state index contributed by atoms with van der Waals surface area (Å²) in [6, 6.07) is 88.3. The molecular weight excluding hydrogens is 883 g/mol. The molecule has 15 rings (SSSR count). The van der Waals surface area contributed by atoms with Gasteiger partial charge in [0.1, 0.15) is 11.2 Å². The van der Waals surface area contributed by atoms with E-state index in [1.807, 2.05) is 0 Å². The molecule has 1 spiro atoms. The summed E-state index contributed by atoms with van der Waals surface area (Å²) in [4.78, 5) is 2.49. The minimum Gasteiger partial charge on any atom is -0.455 e. The molecule has 73 heavy (non-hydrogen) atoms. The van der Waals surface area contributed by atoms with Crippen LogP contribution in [0.3, 0.4) is 0 Å². The Morgan fingerprint density at radius 1 is 0.425 bits per heavy atom. The molecule has 2 unspecified atom stereocenters. The average molecular weight is 934 g/mol. The lowest BCUT2D eigenvalue weighted by molar-refractivity contribution is 0.554. The highest BCUT2D eigenvalue weighted by molar-refractivity contribution is 6.18. The maximum absolute atomic E-state index is 6.88. The van der Waals surface area contributed by atoms with E-state index in [0.717, 1.165) is 44.6 Å². The van der Waals surface area contributed by atoms with Crippen molar-refractivity contribution < 1.29 is 4.42 Å². The van der Waals surface area contributed by atoms with E-state index in [9.17, 15) is 0 Å². The van der Waals surface area contributed by atoms with Crippen molar-refractivity contribution in [3.8, 4) is 33.4 Å². The number of rotatable bonds is 6. The van der Waals surface area contributed by atoms with Crippen LogP contribution < -0.4 is 4.90 Å². The first kappa shape index (κ1) is 42.0. The van der Waals surface area contributed by atoms with Crippen LogP contribution in [-0.2, 0) is 10.8 Å². The summed E-state index contributed by atoms with van der Waals surface area (Å²) >= 11 is 0. The topological polar surface area (TPSA) is 16.4 Å². The van der Waals surface area contributed by atoms with Gasteiger partial charge in [-0.05, 0) is 126 Å². The van der Waals surface area contributed by atoms with Gasteiger partial charge in [0.2, 0.25) is 0 Å². The summed E-state index contributed by atoms with van der Waals surface area (Å²) in [5.41, 5.74) is 26.8. The van der Waals surface area contributed by atoms with E-state index in [-0.39, 0.29) is 17.3 Å². The number of allylic oxidation sites excluding steroid dienone is 4. The summed E-state index contributed by atoms with van der Waals surface area (Å²) < 4.78 is 6.88. The van der Waals surface area contributed by atoms with Gasteiger partial charge in [-0.3, -0.25) is 0 Å². The maximum Gasteiger partial charge on any atom is 0.143 e. The Hall–Kier alpha value is -8.72. The molecule has 2 nitrogen and oxygen atoms in total. The van der Waals surface area contributed by atoms with Crippen molar-refractivity contribution in [3.63, 3.8) is 0 Å². The van der Waals surface area contributed by atoms with Crippen molar-refractivity contribution >= 4 is 50.1 Å². The molecule has 1 aromatic heterocycles. The normalized spacial score (nSPS) is 17.2. The Labute approximate surface area is 426 Å². The molecule has 4 aliphatic carbocycles. The molecule has 0 saturated carbocycles. The quantitative estimate of drug-likeness (QED) is 0.165. The molecule has 1 heterocycles. The largest absolute Gasteiger partial charge is 0.455 e. The molecule has 0 fully saturated rings. The fourth-order valence-electron chi connectivity index (χ4n) is 14.0. The number of benzene rings is 10. The monoisotopic (exact) mass is 933 g/mol. The van der Waals surface area contributed by atoms with Crippen molar-refractivity contribution in [2.24, 2.45) is 5.92 Å². The van der Waals surface area contributed by atoms with Crippen molar-refractivity contribution in [1.82, 2.24) is 0 Å². The molecule has 0 N–H and O–H groups in total. The van der Waals surface area contributed by atoms with Gasteiger partial charge >= 0.3 is 0 Å². The number of fused-ring (bicyclic) bond motifs is 15. The minimum atomic E-state index is -0.520. The Bertz CT molecular complexity index is 4100. The number of hydrogen-bond acceptors (Lipinski definition) is 2. The van der Waals surface area contributed by atoms with E-state index in [0.29, 0.717) is 0 Å². The summed E-state index contributed by atoms with van der Waals surface area (Å²) in [5, 5.41) is 2.29. The fourth-order valence-corrected chi connectivity index (χ4v) is 14.0. The van der Waals surface area contributed by atoms with Crippen molar-refractivity contribution in [3.05, 3.63) is 293 Å². The highest BCUT2D eigenvalue weighted by Gasteiger charge is 2.57. The molecule has 10 aromatic carbocycles. The zero-order valence-electron chi connectivity index (χ0n) is 41.1. The molecule has 0 bridgehead atoms. The van der Waals surface area contributed by atoms with Gasteiger partial charge < -0.3 is 9.32 Å². The van der Waals surface area contributed by atoms with Gasteiger partial charge in [0.15, 0.2) is 0 Å². The Balaban J connectivity index is 0.954. The van der Waals surface area contributed by atoms with Gasteiger partial charge in [-0.15, -0.1) is 0 Å². The fraction of sp³-hybridized carbons (Fsp3) is 0.0986. The van der Waals surface area contributed by atoms with Gasteiger partial charge in [0.25, 0.3) is 0 Å². The summed E-state index contributed by atoms with van der Waals surface area (Å²) in [7, 11) is 0. The van der Waals surface area contributed by atoms with E-state index in [1.165, 1.54) is 89.0 Å². The van der Waals surface area contributed by atoms with E-state index >= 15 is 0 Å². The van der Waals surface area contributed by atoms with Crippen LogP contribution in [0.15, 0.2) is 253 Å². The first-order valence-electron chi connectivity index (χ1n) is 25.9. The molecule has 0 amide bonds. The van der Waals surface area contributed by atoms with Gasteiger partial charge in [-0.2, -0.15) is 0 Å². The number of nitrogens with zero attached hydrogens (tertiary/aromatic N) is 1. The summed E-state index contributed by atoms with van der Waals surface area (Å²) in [6.45, 7) is 7.19. The van der Waals surface area contributed by atoms with Crippen LogP contribution in [0.1, 0.15) is 71.2 Å². The lowest BCUT2D eigenvalue weighted by Crippen LogP contribution is -2.33. The van der Waals surface area contributed by atoms with Crippen molar-refractivity contribution in [2.75, 3.05) is 4.90 Å². The third kappa shape index (κ3) is 5.81. The Kier molecular flexibility index (Phi) is 9.00. The van der Waals surface area contributed by atoms with Crippen LogP contribution in [0.5, 0.6) is 0 Å². The predicted octanol–water partition coefficient (Wildman–Crippen LogP) is 18.6. The summed E-state index contributed by atoms with van der Waals surface area (Å²) in [6.07, 6.45) is 2.56. The Morgan fingerprint density at radius 2 is 0.959 bits per heavy atom. The van der Waals surface area contributed by atoms with Crippen LogP contribution in [0.4, 0.5) is 17.1 Å². The molecule has 346 valence electrons. The lowest BCUT2D eigenvalue weighted by atomic mass is 9.61. The number of anilines is 3. The molecule has 0 radical (unpaired) electrons. The molecular formula is C71H51NO. The average Bonchev–Trinajstić information content (AvgIpc) is 4.27.